The fourth-order valence-electron chi connectivity index (χ4n) is 1.82. The van der Waals surface area contributed by atoms with Crippen molar-refractivity contribution in [2.24, 2.45) is 5.73 Å². The van der Waals surface area contributed by atoms with Gasteiger partial charge >= 0.3 is 0 Å². The van der Waals surface area contributed by atoms with Crippen molar-refractivity contribution >= 4 is 5.78 Å². The summed E-state index contributed by atoms with van der Waals surface area (Å²) in [4.78, 5) is 12.0. The van der Waals surface area contributed by atoms with Crippen LogP contribution in [0, 0.1) is 0 Å². The minimum atomic E-state index is -0.825. The molecule has 0 aromatic heterocycles. The van der Waals surface area contributed by atoms with Crippen molar-refractivity contribution in [3.63, 3.8) is 0 Å². The number of rotatable bonds is 3. The van der Waals surface area contributed by atoms with Crippen LogP contribution in [0.2, 0.25) is 0 Å². The normalized spacial score (nSPS) is 11.3. The SMILES string of the molecule is CC(C)(N)C(=O)c1ccc(-c2ccccc2)cc1. The molecular formula is C16H17NO. The molecule has 0 fully saturated rings. The summed E-state index contributed by atoms with van der Waals surface area (Å²) < 4.78 is 0. The number of benzene rings is 2. The highest BCUT2D eigenvalue weighted by molar-refractivity contribution is 6.02. The number of carbonyl (C=O) groups is 1. The second-order valence-corrected chi connectivity index (χ2v) is 4.99. The van der Waals surface area contributed by atoms with E-state index in [9.17, 15) is 4.79 Å². The lowest BCUT2D eigenvalue weighted by Crippen LogP contribution is -2.41. The van der Waals surface area contributed by atoms with E-state index >= 15 is 0 Å². The molecule has 0 heterocycles. The maximum Gasteiger partial charge on any atom is 0.182 e. The number of Topliss-reactive ketones (excluding diaryl/α,β-unsaturated/α-hetero) is 1. The molecule has 0 atom stereocenters. The van der Waals surface area contributed by atoms with Crippen molar-refractivity contribution in [1.29, 1.82) is 0 Å². The predicted molar refractivity (Wildman–Crippen MR) is 74.5 cm³/mol. The van der Waals surface area contributed by atoms with Crippen LogP contribution in [0.4, 0.5) is 0 Å². The van der Waals surface area contributed by atoms with Gasteiger partial charge < -0.3 is 5.73 Å². The smallest absolute Gasteiger partial charge is 0.182 e. The lowest BCUT2D eigenvalue weighted by Gasteiger charge is -2.16. The van der Waals surface area contributed by atoms with E-state index < -0.39 is 5.54 Å². The van der Waals surface area contributed by atoms with Gasteiger partial charge in [0.2, 0.25) is 0 Å². The highest BCUT2D eigenvalue weighted by Gasteiger charge is 2.23. The molecule has 0 bridgehead atoms. The summed E-state index contributed by atoms with van der Waals surface area (Å²) in [6, 6.07) is 17.6. The Labute approximate surface area is 107 Å². The third kappa shape index (κ3) is 2.66. The average molecular weight is 239 g/mol. The molecule has 0 unspecified atom stereocenters. The van der Waals surface area contributed by atoms with E-state index in [2.05, 4.69) is 0 Å². The van der Waals surface area contributed by atoms with Crippen LogP contribution in [0.3, 0.4) is 0 Å². The first-order chi connectivity index (χ1) is 8.48. The molecule has 18 heavy (non-hydrogen) atoms. The summed E-state index contributed by atoms with van der Waals surface area (Å²) >= 11 is 0. The van der Waals surface area contributed by atoms with Crippen molar-refractivity contribution in [3.05, 3.63) is 60.2 Å². The Morgan fingerprint density at radius 3 is 1.89 bits per heavy atom. The van der Waals surface area contributed by atoms with Crippen LogP contribution in [0.15, 0.2) is 54.6 Å². The zero-order valence-corrected chi connectivity index (χ0v) is 10.7. The number of ketones is 1. The van der Waals surface area contributed by atoms with Gasteiger partial charge in [-0.1, -0.05) is 54.6 Å². The number of nitrogens with two attached hydrogens (primary N) is 1. The highest BCUT2D eigenvalue weighted by atomic mass is 16.1. The third-order valence-electron chi connectivity index (χ3n) is 2.84. The van der Waals surface area contributed by atoms with Crippen molar-refractivity contribution in [1.82, 2.24) is 0 Å². The first-order valence-electron chi connectivity index (χ1n) is 5.97. The minimum Gasteiger partial charge on any atom is -0.319 e. The number of hydrogen-bond acceptors (Lipinski definition) is 2. The summed E-state index contributed by atoms with van der Waals surface area (Å²) in [5.41, 5.74) is 7.88. The topological polar surface area (TPSA) is 43.1 Å². The van der Waals surface area contributed by atoms with Crippen molar-refractivity contribution in [2.45, 2.75) is 19.4 Å². The summed E-state index contributed by atoms with van der Waals surface area (Å²) in [5, 5.41) is 0. The molecule has 2 rings (SSSR count). The van der Waals surface area contributed by atoms with E-state index in [0.29, 0.717) is 5.56 Å². The molecule has 92 valence electrons. The first-order valence-corrected chi connectivity index (χ1v) is 5.97. The molecule has 2 N–H and O–H groups in total. The Bertz CT molecular complexity index is 536. The van der Waals surface area contributed by atoms with Gasteiger partial charge in [-0.25, -0.2) is 0 Å². The van der Waals surface area contributed by atoms with Crippen molar-refractivity contribution in [3.8, 4) is 11.1 Å². The van der Waals surface area contributed by atoms with Gasteiger partial charge in [-0.3, -0.25) is 4.79 Å². The van der Waals surface area contributed by atoms with Crippen LogP contribution < -0.4 is 5.73 Å². The molecule has 0 aliphatic rings. The van der Waals surface area contributed by atoms with Crippen molar-refractivity contribution in [2.75, 3.05) is 0 Å². The van der Waals surface area contributed by atoms with Crippen LogP contribution in [-0.4, -0.2) is 11.3 Å². The molecule has 2 aromatic carbocycles. The fraction of sp³-hybridized carbons (Fsp3) is 0.188. The van der Waals surface area contributed by atoms with Gasteiger partial charge in [0.15, 0.2) is 5.78 Å². The number of carbonyl (C=O) groups excluding carboxylic acids is 1. The average Bonchev–Trinajstić information content (AvgIpc) is 2.38. The molecule has 0 spiro atoms. The van der Waals surface area contributed by atoms with E-state index in [1.807, 2.05) is 54.6 Å². The molecule has 2 aromatic rings. The molecule has 2 nitrogen and oxygen atoms in total. The minimum absolute atomic E-state index is 0.0397. The summed E-state index contributed by atoms with van der Waals surface area (Å²) in [6.07, 6.45) is 0. The maximum absolute atomic E-state index is 12.0. The van der Waals surface area contributed by atoms with Crippen molar-refractivity contribution < 1.29 is 4.79 Å². The molecule has 0 saturated heterocycles. The largest absolute Gasteiger partial charge is 0.319 e. The van der Waals surface area contributed by atoms with Gasteiger partial charge in [0.25, 0.3) is 0 Å². The Morgan fingerprint density at radius 2 is 1.39 bits per heavy atom. The fourth-order valence-corrected chi connectivity index (χ4v) is 1.82. The second kappa shape index (κ2) is 4.75. The summed E-state index contributed by atoms with van der Waals surface area (Å²) in [7, 11) is 0. The molecule has 0 saturated carbocycles. The van der Waals surface area contributed by atoms with E-state index in [4.69, 9.17) is 5.73 Å². The van der Waals surface area contributed by atoms with E-state index in [1.54, 1.807) is 13.8 Å². The quantitative estimate of drug-likeness (QED) is 0.835. The summed E-state index contributed by atoms with van der Waals surface area (Å²) in [6.45, 7) is 3.45. The molecule has 2 heteroatoms. The molecule has 0 radical (unpaired) electrons. The van der Waals surface area contributed by atoms with E-state index in [0.717, 1.165) is 11.1 Å². The van der Waals surface area contributed by atoms with E-state index in [1.165, 1.54) is 0 Å². The Balaban J connectivity index is 2.29. The third-order valence-corrected chi connectivity index (χ3v) is 2.84. The van der Waals surface area contributed by atoms with Gasteiger partial charge in [0, 0.05) is 5.56 Å². The number of hydrogen-bond donors (Lipinski definition) is 1. The monoisotopic (exact) mass is 239 g/mol. The molecule has 0 aliphatic heterocycles. The van der Waals surface area contributed by atoms with Crippen LogP contribution in [0.25, 0.3) is 11.1 Å². The lowest BCUT2D eigenvalue weighted by atomic mass is 9.93. The van der Waals surface area contributed by atoms with Gasteiger partial charge in [0.1, 0.15) is 0 Å². The predicted octanol–water partition coefficient (Wildman–Crippen LogP) is 3.27. The standard InChI is InChI=1S/C16H17NO/c1-16(2,17)15(18)14-10-8-13(9-11-14)12-6-4-3-5-7-12/h3-11H,17H2,1-2H3. The highest BCUT2D eigenvalue weighted by Crippen LogP contribution is 2.20. The second-order valence-electron chi connectivity index (χ2n) is 4.99. The first kappa shape index (κ1) is 12.5. The Hall–Kier alpha value is -1.93. The molecule has 0 amide bonds. The molecule has 0 aliphatic carbocycles. The lowest BCUT2D eigenvalue weighted by molar-refractivity contribution is 0.0913. The van der Waals surface area contributed by atoms with Crippen LogP contribution in [-0.2, 0) is 0 Å². The van der Waals surface area contributed by atoms with Gasteiger partial charge in [-0.2, -0.15) is 0 Å². The van der Waals surface area contributed by atoms with Gasteiger partial charge in [-0.15, -0.1) is 0 Å². The van der Waals surface area contributed by atoms with Crippen LogP contribution in [0.1, 0.15) is 24.2 Å². The zero-order valence-electron chi connectivity index (χ0n) is 10.7. The van der Waals surface area contributed by atoms with Gasteiger partial charge in [-0.05, 0) is 25.0 Å². The Morgan fingerprint density at radius 1 is 0.889 bits per heavy atom. The maximum atomic E-state index is 12.0. The Kier molecular flexibility index (Phi) is 3.30. The van der Waals surface area contributed by atoms with Crippen LogP contribution >= 0.6 is 0 Å². The van der Waals surface area contributed by atoms with Crippen LogP contribution in [0.5, 0.6) is 0 Å². The summed E-state index contributed by atoms with van der Waals surface area (Å²) in [5.74, 6) is -0.0397. The zero-order chi connectivity index (χ0) is 13.2. The van der Waals surface area contributed by atoms with Gasteiger partial charge in [0.05, 0.1) is 5.54 Å². The molecular weight excluding hydrogens is 222 g/mol. The van der Waals surface area contributed by atoms with E-state index in [-0.39, 0.29) is 5.78 Å².